The second-order valence-electron chi connectivity index (χ2n) is 3.76. The molecule has 2 aromatic heterocycles. The second-order valence-corrected chi connectivity index (χ2v) is 3.76. The number of carboxylic acid groups (broad SMARTS) is 2. The van der Waals surface area contributed by atoms with Crippen molar-refractivity contribution >= 4 is 17.8 Å². The van der Waals surface area contributed by atoms with Gasteiger partial charge in [0, 0.05) is 24.2 Å². The molecule has 1 N–H and O–H groups in total. The lowest BCUT2D eigenvalue weighted by molar-refractivity contribution is -0.312. The summed E-state index contributed by atoms with van der Waals surface area (Å²) >= 11 is 0. The second kappa shape index (κ2) is 6.24. The summed E-state index contributed by atoms with van der Waals surface area (Å²) in [6.45, 7) is 0. The number of aromatic nitrogens is 3. The first-order valence-corrected chi connectivity index (χ1v) is 5.72. The highest BCUT2D eigenvalue weighted by Gasteiger charge is 2.04. The Morgan fingerprint density at radius 1 is 1.05 bits per heavy atom. The zero-order valence-electron chi connectivity index (χ0n) is 10.5. The van der Waals surface area contributed by atoms with Crippen molar-refractivity contribution in [3.05, 3.63) is 48.4 Å². The van der Waals surface area contributed by atoms with E-state index in [0.717, 1.165) is 6.20 Å². The summed E-state index contributed by atoms with van der Waals surface area (Å²) in [7, 11) is 0. The Morgan fingerprint density at radius 2 is 1.81 bits per heavy atom. The van der Waals surface area contributed by atoms with Crippen molar-refractivity contribution < 1.29 is 19.8 Å². The number of hydrogen-bond acceptors (Lipinski definition) is 8. The van der Waals surface area contributed by atoms with Crippen molar-refractivity contribution in [2.24, 2.45) is 0 Å². The van der Waals surface area contributed by atoms with Crippen molar-refractivity contribution in [3.8, 4) is 11.5 Å². The number of aliphatic carboxylic acids is 2. The van der Waals surface area contributed by atoms with E-state index in [0.29, 0.717) is 11.5 Å². The third-order valence-corrected chi connectivity index (χ3v) is 2.35. The highest BCUT2D eigenvalue weighted by molar-refractivity contribution is 6.10. The Balaban J connectivity index is 2.25. The van der Waals surface area contributed by atoms with Crippen molar-refractivity contribution in [2.75, 3.05) is 5.32 Å². The van der Waals surface area contributed by atoms with E-state index in [1.54, 1.807) is 24.4 Å². The molecule has 0 spiro atoms. The average molecular weight is 284 g/mol. The fourth-order valence-electron chi connectivity index (χ4n) is 1.40. The number of pyridine rings is 1. The van der Waals surface area contributed by atoms with Crippen LogP contribution in [0.1, 0.15) is 0 Å². The van der Waals surface area contributed by atoms with E-state index in [1.807, 2.05) is 0 Å². The third kappa shape index (κ3) is 3.60. The molecule has 0 aliphatic carbocycles. The smallest absolute Gasteiger partial charge is 0.180 e. The van der Waals surface area contributed by atoms with Gasteiger partial charge in [0.25, 0.3) is 0 Å². The molecule has 0 unspecified atom stereocenters. The average Bonchev–Trinajstić information content (AvgIpc) is 2.48. The Morgan fingerprint density at radius 3 is 2.43 bits per heavy atom. The fourth-order valence-corrected chi connectivity index (χ4v) is 1.40. The van der Waals surface area contributed by atoms with Gasteiger partial charge in [0.05, 0.1) is 11.9 Å². The molecule has 21 heavy (non-hydrogen) atoms. The van der Waals surface area contributed by atoms with E-state index in [9.17, 15) is 19.8 Å². The van der Waals surface area contributed by atoms with E-state index in [4.69, 9.17) is 0 Å². The number of rotatable bonds is 5. The molecule has 0 aliphatic heterocycles. The number of carbonyl (C=O) groups excluding carboxylic acids is 2. The Bertz CT molecular complexity index is 684. The minimum Gasteiger partial charge on any atom is -0.545 e. The van der Waals surface area contributed by atoms with Crippen LogP contribution in [0.2, 0.25) is 0 Å². The van der Waals surface area contributed by atoms with Gasteiger partial charge in [0.15, 0.2) is 5.82 Å². The van der Waals surface area contributed by atoms with Crippen molar-refractivity contribution in [3.63, 3.8) is 0 Å². The van der Waals surface area contributed by atoms with Crippen LogP contribution in [0.4, 0.5) is 5.82 Å². The molecular formula is C13H8N4O4-2. The minimum atomic E-state index is -1.86. The molecule has 106 valence electrons. The standard InChI is InChI=1S/C13H10N4O4/c18-12(19)8(13(20)21)7-16-10-4-6-15-11(17-10)9-3-1-2-5-14-9/h1-7H,(H,18,19)(H,20,21)(H,15,16,17)/p-2. The van der Waals surface area contributed by atoms with Crippen LogP contribution in [-0.2, 0) is 9.59 Å². The molecule has 8 heteroatoms. The van der Waals surface area contributed by atoms with Gasteiger partial charge in [-0.15, -0.1) is 0 Å². The molecule has 2 aromatic rings. The van der Waals surface area contributed by atoms with Gasteiger partial charge in [-0.25, -0.2) is 9.97 Å². The summed E-state index contributed by atoms with van der Waals surface area (Å²) in [5.74, 6) is -3.22. The Kier molecular flexibility index (Phi) is 4.20. The number of nitrogens with one attached hydrogen (secondary N) is 1. The van der Waals surface area contributed by atoms with Crippen molar-refractivity contribution in [2.45, 2.75) is 0 Å². The van der Waals surface area contributed by atoms with E-state index in [-0.39, 0.29) is 5.82 Å². The van der Waals surface area contributed by atoms with Crippen LogP contribution in [0.15, 0.2) is 48.4 Å². The van der Waals surface area contributed by atoms with Gasteiger partial charge in [-0.2, -0.15) is 0 Å². The van der Waals surface area contributed by atoms with E-state index >= 15 is 0 Å². The highest BCUT2D eigenvalue weighted by atomic mass is 16.4. The molecular weight excluding hydrogens is 276 g/mol. The van der Waals surface area contributed by atoms with E-state index in [2.05, 4.69) is 20.3 Å². The molecule has 0 radical (unpaired) electrons. The van der Waals surface area contributed by atoms with Crippen LogP contribution in [-0.4, -0.2) is 26.9 Å². The van der Waals surface area contributed by atoms with Gasteiger partial charge < -0.3 is 25.1 Å². The molecule has 2 rings (SSSR count). The van der Waals surface area contributed by atoms with Crippen molar-refractivity contribution in [1.82, 2.24) is 15.0 Å². The zero-order valence-corrected chi connectivity index (χ0v) is 10.5. The largest absolute Gasteiger partial charge is 0.545 e. The van der Waals surface area contributed by atoms with Gasteiger partial charge in [-0.05, 0) is 18.2 Å². The summed E-state index contributed by atoms with van der Waals surface area (Å²) < 4.78 is 0. The van der Waals surface area contributed by atoms with Crippen LogP contribution >= 0.6 is 0 Å². The fraction of sp³-hybridized carbons (Fsp3) is 0. The Hall–Kier alpha value is -3.29. The third-order valence-electron chi connectivity index (χ3n) is 2.35. The number of anilines is 1. The number of carboxylic acids is 2. The van der Waals surface area contributed by atoms with Crippen LogP contribution in [0.25, 0.3) is 11.5 Å². The summed E-state index contributed by atoms with van der Waals surface area (Å²) in [5, 5.41) is 23.6. The molecule has 0 atom stereocenters. The van der Waals surface area contributed by atoms with E-state index in [1.165, 1.54) is 12.3 Å². The predicted molar refractivity (Wildman–Crippen MR) is 67.0 cm³/mol. The number of hydrogen-bond donors (Lipinski definition) is 1. The first-order valence-electron chi connectivity index (χ1n) is 5.72. The molecule has 8 nitrogen and oxygen atoms in total. The minimum absolute atomic E-state index is 0.200. The number of nitrogens with zero attached hydrogens (tertiary/aromatic N) is 3. The van der Waals surface area contributed by atoms with Crippen LogP contribution in [0.5, 0.6) is 0 Å². The van der Waals surface area contributed by atoms with Gasteiger partial charge >= 0.3 is 0 Å². The predicted octanol–water partition coefficient (Wildman–Crippen LogP) is -1.67. The lowest BCUT2D eigenvalue weighted by atomic mass is 10.3. The van der Waals surface area contributed by atoms with Gasteiger partial charge in [0.1, 0.15) is 11.5 Å². The molecule has 0 saturated heterocycles. The Labute approximate surface area is 118 Å². The van der Waals surface area contributed by atoms with Crippen LogP contribution < -0.4 is 15.5 Å². The molecule has 0 saturated carbocycles. The summed E-state index contributed by atoms with van der Waals surface area (Å²) in [4.78, 5) is 33.3. The monoisotopic (exact) mass is 284 g/mol. The maximum absolute atomic E-state index is 10.6. The van der Waals surface area contributed by atoms with Crippen LogP contribution in [0, 0.1) is 0 Å². The first-order chi connectivity index (χ1) is 10.1. The first kappa shape index (κ1) is 14.1. The molecule has 0 bridgehead atoms. The summed E-state index contributed by atoms with van der Waals surface area (Å²) in [6, 6.07) is 6.63. The van der Waals surface area contributed by atoms with Gasteiger partial charge in [0.2, 0.25) is 0 Å². The normalized spacial score (nSPS) is 9.71. The topological polar surface area (TPSA) is 131 Å². The highest BCUT2D eigenvalue weighted by Crippen LogP contribution is 2.13. The molecule has 0 fully saturated rings. The van der Waals surface area contributed by atoms with E-state index < -0.39 is 17.5 Å². The quantitative estimate of drug-likeness (QED) is 0.392. The summed E-state index contributed by atoms with van der Waals surface area (Å²) in [5.41, 5.74) is -0.502. The van der Waals surface area contributed by atoms with Gasteiger partial charge in [-0.3, -0.25) is 4.98 Å². The molecule has 0 aliphatic rings. The number of carbonyl (C=O) groups is 2. The lowest BCUT2D eigenvalue weighted by Crippen LogP contribution is -2.36. The van der Waals surface area contributed by atoms with Gasteiger partial charge in [-0.1, -0.05) is 6.07 Å². The maximum atomic E-state index is 10.6. The SMILES string of the molecule is O=C([O-])C(=CNc1ccnc(-c2ccccn2)n1)C(=O)[O-]. The summed E-state index contributed by atoms with van der Waals surface area (Å²) in [6.07, 6.45) is 3.73. The van der Waals surface area contributed by atoms with Crippen LogP contribution in [0.3, 0.4) is 0 Å². The molecule has 2 heterocycles. The molecule has 0 amide bonds. The maximum Gasteiger partial charge on any atom is 0.180 e. The molecule has 0 aromatic carbocycles. The van der Waals surface area contributed by atoms with Crippen molar-refractivity contribution in [1.29, 1.82) is 0 Å². The zero-order chi connectivity index (χ0) is 15.2. The lowest BCUT2D eigenvalue weighted by Gasteiger charge is -2.10.